The van der Waals surface area contributed by atoms with Gasteiger partial charge in [0.15, 0.2) is 17.3 Å². The van der Waals surface area contributed by atoms with E-state index in [1.165, 1.54) is 0 Å². The lowest BCUT2D eigenvalue weighted by molar-refractivity contribution is -0.116. The second kappa shape index (κ2) is 11.1. The Kier molecular flexibility index (Phi) is 7.25. The minimum atomic E-state index is -0.675. The van der Waals surface area contributed by atoms with Crippen molar-refractivity contribution in [3.63, 3.8) is 0 Å². The van der Waals surface area contributed by atoms with E-state index in [0.717, 1.165) is 22.5 Å². The molecule has 2 aliphatic rings. The first-order chi connectivity index (χ1) is 20.0. The fraction of sp³-hybridized carbons (Fsp3) is 0.176. The van der Waals surface area contributed by atoms with E-state index in [2.05, 4.69) is 5.32 Å². The molecule has 2 unspecified atom stereocenters. The highest BCUT2D eigenvalue weighted by Crippen LogP contribution is 2.48. The van der Waals surface area contributed by atoms with Gasteiger partial charge in [0.25, 0.3) is 5.91 Å². The van der Waals surface area contributed by atoms with E-state index < -0.39 is 6.04 Å². The molecule has 206 valence electrons. The monoisotopic (exact) mass is 564 g/mol. The highest BCUT2D eigenvalue weighted by Gasteiger charge is 2.42. The minimum absolute atomic E-state index is 0.0258. The molecule has 4 aromatic carbocycles. The molecule has 2 atom stereocenters. The number of hydrogen-bond donors (Lipinski definition) is 1. The van der Waals surface area contributed by atoms with Crippen molar-refractivity contribution in [1.82, 2.24) is 0 Å². The van der Waals surface area contributed by atoms with Crippen LogP contribution in [-0.2, 0) is 4.79 Å². The number of hydrogen-bond acceptors (Lipinski definition) is 5. The van der Waals surface area contributed by atoms with E-state index in [1.807, 2.05) is 78.9 Å². The maximum absolute atomic E-state index is 14.3. The van der Waals surface area contributed by atoms with Crippen molar-refractivity contribution in [2.75, 3.05) is 24.4 Å². The Labute approximate surface area is 244 Å². The first-order valence-corrected chi connectivity index (χ1v) is 13.8. The van der Waals surface area contributed by atoms with Crippen LogP contribution in [0, 0.1) is 0 Å². The Morgan fingerprint density at radius 3 is 2.34 bits per heavy atom. The number of para-hydroxylation sites is 2. The molecule has 1 heterocycles. The molecule has 0 bridgehead atoms. The largest absolute Gasteiger partial charge is 0.493 e. The summed E-state index contributed by atoms with van der Waals surface area (Å²) in [6.07, 6.45) is 0.867. The zero-order chi connectivity index (χ0) is 28.5. The molecule has 0 radical (unpaired) electrons. The van der Waals surface area contributed by atoms with Gasteiger partial charge in [0.1, 0.15) is 0 Å². The lowest BCUT2D eigenvalue weighted by Gasteiger charge is -2.35. The highest BCUT2D eigenvalue weighted by atomic mass is 35.5. The number of allylic oxidation sites excluding steroid dienone is 1. The number of carbonyl (C=O) groups is 2. The third kappa shape index (κ3) is 4.96. The van der Waals surface area contributed by atoms with Crippen LogP contribution in [0.4, 0.5) is 11.4 Å². The maximum Gasteiger partial charge on any atom is 0.259 e. The molecule has 0 saturated carbocycles. The molecule has 0 aromatic heterocycles. The van der Waals surface area contributed by atoms with Crippen molar-refractivity contribution in [3.8, 4) is 11.5 Å². The number of Topliss-reactive ketones (excluding diaryl/α,β-unsaturated/α-hetero) is 1. The van der Waals surface area contributed by atoms with Gasteiger partial charge in [-0.25, -0.2) is 0 Å². The van der Waals surface area contributed by atoms with Crippen LogP contribution < -0.4 is 19.7 Å². The molecule has 4 aromatic rings. The van der Waals surface area contributed by atoms with Crippen LogP contribution in [0.15, 0.2) is 108 Å². The van der Waals surface area contributed by atoms with Gasteiger partial charge < -0.3 is 14.8 Å². The molecule has 41 heavy (non-hydrogen) atoms. The Morgan fingerprint density at radius 2 is 1.59 bits per heavy atom. The van der Waals surface area contributed by atoms with Gasteiger partial charge in [0, 0.05) is 28.3 Å². The fourth-order valence-electron chi connectivity index (χ4n) is 5.87. The predicted molar refractivity (Wildman–Crippen MR) is 161 cm³/mol. The van der Waals surface area contributed by atoms with Crippen molar-refractivity contribution in [3.05, 3.63) is 130 Å². The molecular weight excluding hydrogens is 536 g/mol. The number of amides is 1. The number of carbonyl (C=O) groups excluding carboxylic acids is 2. The first kappa shape index (κ1) is 26.7. The fourth-order valence-corrected chi connectivity index (χ4v) is 6.07. The van der Waals surface area contributed by atoms with Gasteiger partial charge >= 0.3 is 0 Å². The van der Waals surface area contributed by atoms with Gasteiger partial charge in [-0.1, -0.05) is 60.1 Å². The maximum atomic E-state index is 14.3. The smallest absolute Gasteiger partial charge is 0.259 e. The second-order valence-corrected chi connectivity index (χ2v) is 10.6. The lowest BCUT2D eigenvalue weighted by Crippen LogP contribution is -2.38. The number of benzene rings is 4. The number of ether oxygens (including phenoxy) is 2. The van der Waals surface area contributed by atoms with Gasteiger partial charge in [-0.2, -0.15) is 0 Å². The number of nitrogens with one attached hydrogen (secondary N) is 1. The SMILES string of the molecule is COc1ccc(C2CC(=O)C3=C(C2)Nc2ccccc2N(C(=O)c2ccccc2)C3c2cccc(Cl)c2)cc1OC. The Morgan fingerprint density at radius 1 is 0.829 bits per heavy atom. The molecule has 1 aliphatic heterocycles. The summed E-state index contributed by atoms with van der Waals surface area (Å²) in [4.78, 5) is 30.3. The summed E-state index contributed by atoms with van der Waals surface area (Å²) in [7, 11) is 3.20. The van der Waals surface area contributed by atoms with E-state index in [1.54, 1.807) is 37.3 Å². The summed E-state index contributed by atoms with van der Waals surface area (Å²) in [5, 5.41) is 4.11. The number of methoxy groups -OCH3 is 2. The van der Waals surface area contributed by atoms with Crippen LogP contribution in [0.25, 0.3) is 0 Å². The summed E-state index contributed by atoms with van der Waals surface area (Å²) in [6.45, 7) is 0. The Balaban J connectivity index is 1.53. The van der Waals surface area contributed by atoms with Gasteiger partial charge in [0.2, 0.25) is 0 Å². The highest BCUT2D eigenvalue weighted by molar-refractivity contribution is 6.30. The van der Waals surface area contributed by atoms with Crippen LogP contribution in [0.2, 0.25) is 5.02 Å². The number of anilines is 2. The summed E-state index contributed by atoms with van der Waals surface area (Å²) < 4.78 is 11.0. The number of rotatable bonds is 5. The number of fused-ring (bicyclic) bond motifs is 1. The average molecular weight is 565 g/mol. The molecule has 1 aliphatic carbocycles. The zero-order valence-electron chi connectivity index (χ0n) is 22.8. The summed E-state index contributed by atoms with van der Waals surface area (Å²) in [5.74, 6) is 0.941. The molecular formula is C34H29ClN2O4. The minimum Gasteiger partial charge on any atom is -0.493 e. The van der Waals surface area contributed by atoms with E-state index in [0.29, 0.717) is 39.8 Å². The molecule has 1 amide bonds. The van der Waals surface area contributed by atoms with Crippen molar-refractivity contribution in [1.29, 1.82) is 0 Å². The van der Waals surface area contributed by atoms with Crippen LogP contribution in [0.3, 0.4) is 0 Å². The lowest BCUT2D eigenvalue weighted by atomic mass is 9.78. The van der Waals surface area contributed by atoms with Crippen molar-refractivity contribution in [2.24, 2.45) is 0 Å². The van der Waals surface area contributed by atoms with E-state index in [9.17, 15) is 9.59 Å². The van der Waals surface area contributed by atoms with Gasteiger partial charge in [0.05, 0.1) is 31.6 Å². The summed E-state index contributed by atoms with van der Waals surface area (Å²) in [5.41, 5.74) is 5.10. The van der Waals surface area contributed by atoms with Crippen LogP contribution in [0.1, 0.15) is 46.3 Å². The third-order valence-electron chi connectivity index (χ3n) is 7.77. The van der Waals surface area contributed by atoms with Gasteiger partial charge in [-0.3, -0.25) is 14.5 Å². The normalized spacial score (nSPS) is 18.1. The number of ketones is 1. The molecule has 0 spiro atoms. The molecule has 0 fully saturated rings. The molecule has 6 rings (SSSR count). The third-order valence-corrected chi connectivity index (χ3v) is 8.01. The quantitative estimate of drug-likeness (QED) is 0.271. The number of halogens is 1. The summed E-state index contributed by atoms with van der Waals surface area (Å²) in [6, 6.07) is 29.4. The van der Waals surface area contributed by atoms with Crippen LogP contribution >= 0.6 is 11.6 Å². The Hall–Kier alpha value is -4.55. The van der Waals surface area contributed by atoms with Crippen molar-refractivity contribution >= 4 is 34.7 Å². The van der Waals surface area contributed by atoms with Crippen LogP contribution in [-0.4, -0.2) is 25.9 Å². The Bertz CT molecular complexity index is 1670. The van der Waals surface area contributed by atoms with Gasteiger partial charge in [-0.15, -0.1) is 0 Å². The topological polar surface area (TPSA) is 67.9 Å². The van der Waals surface area contributed by atoms with Crippen molar-refractivity contribution in [2.45, 2.75) is 24.8 Å². The molecule has 1 N–H and O–H groups in total. The second-order valence-electron chi connectivity index (χ2n) is 10.2. The van der Waals surface area contributed by atoms with Gasteiger partial charge in [-0.05, 0) is 72.0 Å². The molecule has 7 heteroatoms. The summed E-state index contributed by atoms with van der Waals surface area (Å²) >= 11 is 6.48. The van der Waals surface area contributed by atoms with E-state index in [4.69, 9.17) is 21.1 Å². The average Bonchev–Trinajstić information content (AvgIpc) is 3.15. The standard InChI is InChI=1S/C34H29ClN2O4/c1-40-30-16-15-22(20-31(30)41-2)24-18-27-32(29(38)19-24)33(23-11-8-12-25(35)17-23)37(28-14-7-6-13-26(28)36-27)34(39)21-9-4-3-5-10-21/h3-17,20,24,33,36H,18-19H2,1-2H3. The first-order valence-electron chi connectivity index (χ1n) is 13.5. The van der Waals surface area contributed by atoms with E-state index >= 15 is 0 Å². The van der Waals surface area contributed by atoms with Crippen LogP contribution in [0.5, 0.6) is 11.5 Å². The molecule has 6 nitrogen and oxygen atoms in total. The van der Waals surface area contributed by atoms with Crippen molar-refractivity contribution < 1.29 is 19.1 Å². The predicted octanol–water partition coefficient (Wildman–Crippen LogP) is 7.57. The zero-order valence-corrected chi connectivity index (χ0v) is 23.5. The number of nitrogens with zero attached hydrogens (tertiary/aromatic N) is 1. The van der Waals surface area contributed by atoms with E-state index in [-0.39, 0.29) is 24.0 Å². The molecule has 0 saturated heterocycles.